The molecular formula is C13H21N3. The number of rotatable bonds is 6. The number of hydrogen-bond donors (Lipinski definition) is 1. The molecule has 3 nitrogen and oxygen atoms in total. The predicted molar refractivity (Wildman–Crippen MR) is 64.2 cm³/mol. The zero-order valence-electron chi connectivity index (χ0n) is 10.1. The van der Waals surface area contributed by atoms with Crippen LogP contribution in [0.4, 0.5) is 0 Å². The summed E-state index contributed by atoms with van der Waals surface area (Å²) in [5, 5.41) is 7.81. The summed E-state index contributed by atoms with van der Waals surface area (Å²) in [5.41, 5.74) is 2.07. The van der Waals surface area contributed by atoms with Crippen LogP contribution in [0.2, 0.25) is 0 Å². The summed E-state index contributed by atoms with van der Waals surface area (Å²) >= 11 is 0. The van der Waals surface area contributed by atoms with E-state index in [2.05, 4.69) is 16.6 Å². The normalized spacial score (nSPS) is 22.3. The topological polar surface area (TPSA) is 29.9 Å². The smallest absolute Gasteiger partial charge is 0.0522 e. The Morgan fingerprint density at radius 3 is 2.88 bits per heavy atom. The number of hydrogen-bond acceptors (Lipinski definition) is 2. The third-order valence-electron chi connectivity index (χ3n) is 4.16. The molecule has 0 bridgehead atoms. The van der Waals surface area contributed by atoms with Gasteiger partial charge in [0.2, 0.25) is 0 Å². The van der Waals surface area contributed by atoms with Crippen molar-refractivity contribution in [1.29, 1.82) is 0 Å². The van der Waals surface area contributed by atoms with Crippen LogP contribution in [0.3, 0.4) is 0 Å². The van der Waals surface area contributed by atoms with Crippen LogP contribution < -0.4 is 5.32 Å². The van der Waals surface area contributed by atoms with Crippen LogP contribution in [0.5, 0.6) is 0 Å². The molecule has 0 amide bonds. The van der Waals surface area contributed by atoms with E-state index in [1.165, 1.54) is 37.8 Å². The molecule has 88 valence electrons. The van der Waals surface area contributed by atoms with Crippen molar-refractivity contribution in [3.63, 3.8) is 0 Å². The average molecular weight is 219 g/mol. The van der Waals surface area contributed by atoms with E-state index in [4.69, 9.17) is 0 Å². The summed E-state index contributed by atoms with van der Waals surface area (Å²) in [7, 11) is 1.98. The lowest BCUT2D eigenvalue weighted by Crippen LogP contribution is -2.27. The van der Waals surface area contributed by atoms with Crippen LogP contribution in [0, 0.1) is 11.3 Å². The SMILES string of the molecule is Cn1cc(CCNCC2(C3CC3)CC2)cn1. The standard InChI is InChI=1S/C13H21N3/c1-16-9-11(8-15-16)4-7-14-10-13(5-6-13)12-2-3-12/h8-9,12,14H,2-7,10H2,1H3. The second-order valence-electron chi connectivity index (χ2n) is 5.59. The largest absolute Gasteiger partial charge is 0.316 e. The number of aryl methyl sites for hydroxylation is 1. The quantitative estimate of drug-likeness (QED) is 0.739. The zero-order chi connectivity index (χ0) is 11.0. The number of nitrogens with zero attached hydrogens (tertiary/aromatic N) is 2. The molecule has 16 heavy (non-hydrogen) atoms. The van der Waals surface area contributed by atoms with Crippen LogP contribution in [-0.4, -0.2) is 22.9 Å². The van der Waals surface area contributed by atoms with Gasteiger partial charge in [-0.2, -0.15) is 5.10 Å². The van der Waals surface area contributed by atoms with Gasteiger partial charge in [-0.1, -0.05) is 0 Å². The van der Waals surface area contributed by atoms with Gasteiger partial charge in [-0.15, -0.1) is 0 Å². The van der Waals surface area contributed by atoms with Crippen molar-refractivity contribution < 1.29 is 0 Å². The van der Waals surface area contributed by atoms with E-state index in [0.717, 1.165) is 24.3 Å². The Kier molecular flexibility index (Phi) is 2.51. The average Bonchev–Trinajstić information content (AvgIpc) is 3.13. The molecule has 3 rings (SSSR count). The van der Waals surface area contributed by atoms with Crippen molar-refractivity contribution in [2.45, 2.75) is 32.1 Å². The Labute approximate surface area is 97.2 Å². The maximum absolute atomic E-state index is 4.18. The summed E-state index contributed by atoms with van der Waals surface area (Å²) in [4.78, 5) is 0. The first kappa shape index (κ1) is 10.3. The fraction of sp³-hybridized carbons (Fsp3) is 0.769. The molecule has 0 aliphatic heterocycles. The lowest BCUT2D eigenvalue weighted by Gasteiger charge is -2.14. The summed E-state index contributed by atoms with van der Waals surface area (Å²) in [5.74, 6) is 1.07. The minimum atomic E-state index is 0.731. The summed E-state index contributed by atoms with van der Waals surface area (Å²) in [6.45, 7) is 2.35. The number of nitrogens with one attached hydrogen (secondary N) is 1. The number of aromatic nitrogens is 2. The second kappa shape index (κ2) is 3.88. The van der Waals surface area contributed by atoms with Crippen molar-refractivity contribution in [2.24, 2.45) is 18.4 Å². The molecular weight excluding hydrogens is 198 g/mol. The van der Waals surface area contributed by atoms with Gasteiger partial charge >= 0.3 is 0 Å². The summed E-state index contributed by atoms with van der Waals surface area (Å²) < 4.78 is 1.88. The second-order valence-corrected chi connectivity index (χ2v) is 5.59. The van der Waals surface area contributed by atoms with Crippen molar-refractivity contribution in [1.82, 2.24) is 15.1 Å². The molecule has 2 aliphatic rings. The highest BCUT2D eigenvalue weighted by molar-refractivity contribution is 5.06. The van der Waals surface area contributed by atoms with E-state index >= 15 is 0 Å². The molecule has 1 heterocycles. The van der Waals surface area contributed by atoms with Crippen LogP contribution in [-0.2, 0) is 13.5 Å². The molecule has 0 spiro atoms. The van der Waals surface area contributed by atoms with E-state index in [9.17, 15) is 0 Å². The van der Waals surface area contributed by atoms with Crippen molar-refractivity contribution in [3.05, 3.63) is 18.0 Å². The Morgan fingerprint density at radius 1 is 1.50 bits per heavy atom. The Hall–Kier alpha value is -0.830. The van der Waals surface area contributed by atoms with Gasteiger partial charge in [0, 0.05) is 19.8 Å². The van der Waals surface area contributed by atoms with E-state index in [0.29, 0.717) is 0 Å². The summed E-state index contributed by atoms with van der Waals surface area (Å²) in [6, 6.07) is 0. The van der Waals surface area contributed by atoms with Gasteiger partial charge in [0.1, 0.15) is 0 Å². The van der Waals surface area contributed by atoms with Gasteiger partial charge in [0.15, 0.2) is 0 Å². The van der Waals surface area contributed by atoms with Gasteiger partial charge in [-0.3, -0.25) is 4.68 Å². The minimum Gasteiger partial charge on any atom is -0.316 e. The van der Waals surface area contributed by atoms with Crippen molar-refractivity contribution in [3.8, 4) is 0 Å². The fourth-order valence-electron chi connectivity index (χ4n) is 2.76. The van der Waals surface area contributed by atoms with Gasteiger partial charge in [-0.05, 0) is 55.5 Å². The van der Waals surface area contributed by atoms with Gasteiger partial charge in [0.25, 0.3) is 0 Å². The molecule has 1 N–H and O–H groups in total. The Morgan fingerprint density at radius 2 is 2.31 bits per heavy atom. The highest BCUT2D eigenvalue weighted by Gasteiger charge is 2.52. The molecule has 0 radical (unpaired) electrons. The first-order valence-corrected chi connectivity index (χ1v) is 6.47. The van der Waals surface area contributed by atoms with E-state index in [1.807, 2.05) is 17.9 Å². The fourth-order valence-corrected chi connectivity index (χ4v) is 2.76. The predicted octanol–water partition coefficient (Wildman–Crippen LogP) is 1.74. The van der Waals surface area contributed by atoms with Gasteiger partial charge in [0.05, 0.1) is 6.20 Å². The Balaban J connectivity index is 1.38. The summed E-state index contributed by atoms with van der Waals surface area (Å²) in [6.07, 6.45) is 11.1. The molecule has 1 aromatic rings. The molecule has 2 fully saturated rings. The molecule has 2 aliphatic carbocycles. The van der Waals surface area contributed by atoms with Gasteiger partial charge < -0.3 is 5.32 Å². The molecule has 0 aromatic carbocycles. The third-order valence-corrected chi connectivity index (χ3v) is 4.16. The zero-order valence-corrected chi connectivity index (χ0v) is 10.1. The maximum atomic E-state index is 4.18. The third kappa shape index (κ3) is 2.14. The highest BCUT2D eigenvalue weighted by Crippen LogP contribution is 2.60. The molecule has 1 aromatic heterocycles. The van der Waals surface area contributed by atoms with E-state index in [-0.39, 0.29) is 0 Å². The molecule has 3 heteroatoms. The minimum absolute atomic E-state index is 0.731. The first-order chi connectivity index (χ1) is 7.78. The first-order valence-electron chi connectivity index (χ1n) is 6.47. The maximum Gasteiger partial charge on any atom is 0.0522 e. The van der Waals surface area contributed by atoms with Crippen LogP contribution in [0.15, 0.2) is 12.4 Å². The van der Waals surface area contributed by atoms with Crippen LogP contribution in [0.1, 0.15) is 31.2 Å². The lowest BCUT2D eigenvalue weighted by atomic mass is 10.0. The molecule has 0 saturated heterocycles. The highest BCUT2D eigenvalue weighted by atomic mass is 15.2. The lowest BCUT2D eigenvalue weighted by molar-refractivity contribution is 0.406. The van der Waals surface area contributed by atoms with Crippen molar-refractivity contribution >= 4 is 0 Å². The molecule has 0 atom stereocenters. The Bertz CT molecular complexity index is 361. The monoisotopic (exact) mass is 219 g/mol. The van der Waals surface area contributed by atoms with Crippen molar-refractivity contribution in [2.75, 3.05) is 13.1 Å². The van der Waals surface area contributed by atoms with Crippen LogP contribution >= 0.6 is 0 Å². The van der Waals surface area contributed by atoms with E-state index in [1.54, 1.807) is 0 Å². The molecule has 2 saturated carbocycles. The van der Waals surface area contributed by atoms with Gasteiger partial charge in [-0.25, -0.2) is 0 Å². The molecule has 0 unspecified atom stereocenters. The van der Waals surface area contributed by atoms with E-state index < -0.39 is 0 Å². The van der Waals surface area contributed by atoms with Crippen LogP contribution in [0.25, 0.3) is 0 Å².